The van der Waals surface area contributed by atoms with Gasteiger partial charge in [-0.2, -0.15) is 0 Å². The van der Waals surface area contributed by atoms with Crippen LogP contribution in [0.25, 0.3) is 0 Å². The lowest BCUT2D eigenvalue weighted by atomic mass is 10.1. The quantitative estimate of drug-likeness (QED) is 0.919. The Morgan fingerprint density at radius 3 is 2.62 bits per heavy atom. The Labute approximate surface area is 129 Å². The van der Waals surface area contributed by atoms with Crippen molar-refractivity contribution in [2.75, 3.05) is 7.05 Å². The lowest BCUT2D eigenvalue weighted by molar-refractivity contribution is 0.423. The molecule has 0 radical (unpaired) electrons. The van der Waals surface area contributed by atoms with E-state index >= 15 is 0 Å². The molecule has 1 N–H and O–H groups in total. The summed E-state index contributed by atoms with van der Waals surface area (Å²) in [4.78, 5) is 1.18. The van der Waals surface area contributed by atoms with Crippen molar-refractivity contribution in [2.45, 2.75) is 54.7 Å². The highest BCUT2D eigenvalue weighted by Crippen LogP contribution is 2.33. The molecule has 1 atom stereocenters. The van der Waals surface area contributed by atoms with E-state index in [4.69, 9.17) is 0 Å². The number of hydrogen-bond acceptors (Lipinski definition) is 5. The Hall–Kier alpha value is -1.40. The highest BCUT2D eigenvalue weighted by molar-refractivity contribution is 7.99. The second kappa shape index (κ2) is 6.58. The number of nitrogens with one attached hydrogen (secondary N) is 1. The summed E-state index contributed by atoms with van der Waals surface area (Å²) in [5.41, 5.74) is 1.29. The van der Waals surface area contributed by atoms with E-state index in [1.165, 1.54) is 36.1 Å². The molecule has 1 aliphatic carbocycles. The van der Waals surface area contributed by atoms with Gasteiger partial charge in [-0.1, -0.05) is 25.0 Å². The maximum Gasteiger partial charge on any atom is 0.214 e. The van der Waals surface area contributed by atoms with Crippen LogP contribution in [-0.4, -0.2) is 27.3 Å². The third-order valence-electron chi connectivity index (χ3n) is 4.16. The van der Waals surface area contributed by atoms with Crippen LogP contribution in [0.2, 0.25) is 0 Å². The minimum atomic E-state index is 0.368. The van der Waals surface area contributed by atoms with Crippen LogP contribution in [0, 0.1) is 0 Å². The Bertz CT molecular complexity index is 574. The second-order valence-electron chi connectivity index (χ2n) is 5.53. The second-order valence-corrected chi connectivity index (χ2v) is 6.57. The maximum atomic E-state index is 4.18. The predicted octanol–water partition coefficient (Wildman–Crippen LogP) is 3.22. The molecule has 0 saturated heterocycles. The minimum Gasteiger partial charge on any atom is -0.313 e. The van der Waals surface area contributed by atoms with Crippen LogP contribution in [0.5, 0.6) is 0 Å². The minimum absolute atomic E-state index is 0.368. The Kier molecular flexibility index (Phi) is 4.55. The third kappa shape index (κ3) is 3.27. The van der Waals surface area contributed by atoms with Gasteiger partial charge in [0.05, 0.1) is 6.04 Å². The molecule has 0 bridgehead atoms. The Morgan fingerprint density at radius 2 is 1.95 bits per heavy atom. The largest absolute Gasteiger partial charge is 0.313 e. The summed E-state index contributed by atoms with van der Waals surface area (Å²) in [5, 5.41) is 16.4. The Balaban J connectivity index is 1.73. The molecular weight excluding hydrogens is 282 g/mol. The van der Waals surface area contributed by atoms with Crippen LogP contribution >= 0.6 is 11.8 Å². The molecule has 1 fully saturated rings. The van der Waals surface area contributed by atoms with Crippen molar-refractivity contribution < 1.29 is 0 Å². The first-order chi connectivity index (χ1) is 10.3. The molecule has 1 aromatic heterocycles. The van der Waals surface area contributed by atoms with Crippen molar-refractivity contribution >= 4 is 11.8 Å². The molecule has 1 unspecified atom stereocenters. The SMILES string of the molecule is CNC(C)c1ccc(Sc2nnnn2C2CCCC2)cc1. The van der Waals surface area contributed by atoms with Crippen molar-refractivity contribution in [2.24, 2.45) is 0 Å². The maximum absolute atomic E-state index is 4.18. The van der Waals surface area contributed by atoms with Crippen molar-refractivity contribution in [1.82, 2.24) is 25.5 Å². The molecule has 5 nitrogen and oxygen atoms in total. The van der Waals surface area contributed by atoms with Crippen LogP contribution in [0.4, 0.5) is 0 Å². The fourth-order valence-electron chi connectivity index (χ4n) is 2.73. The third-order valence-corrected chi connectivity index (χ3v) is 5.11. The fourth-order valence-corrected chi connectivity index (χ4v) is 3.57. The smallest absolute Gasteiger partial charge is 0.214 e. The van der Waals surface area contributed by atoms with Gasteiger partial charge >= 0.3 is 0 Å². The van der Waals surface area contributed by atoms with Crippen molar-refractivity contribution in [3.63, 3.8) is 0 Å². The Morgan fingerprint density at radius 1 is 1.24 bits per heavy atom. The zero-order valence-corrected chi connectivity index (χ0v) is 13.3. The number of tetrazole rings is 1. The summed E-state index contributed by atoms with van der Waals surface area (Å²) in [6.07, 6.45) is 4.95. The number of rotatable bonds is 5. The molecule has 0 spiro atoms. The summed E-state index contributed by atoms with van der Waals surface area (Å²) in [6.45, 7) is 2.16. The van der Waals surface area contributed by atoms with E-state index in [-0.39, 0.29) is 0 Å². The molecule has 1 aliphatic rings. The summed E-state index contributed by atoms with van der Waals surface area (Å²) < 4.78 is 2.00. The molecule has 6 heteroatoms. The van der Waals surface area contributed by atoms with E-state index in [0.29, 0.717) is 12.1 Å². The van der Waals surface area contributed by atoms with Gasteiger partial charge in [0.2, 0.25) is 5.16 Å². The standard InChI is InChI=1S/C15H21N5S/c1-11(16-2)12-7-9-14(10-8-12)21-15-17-18-19-20(15)13-5-3-4-6-13/h7-11,13,16H,3-6H2,1-2H3. The molecule has 1 aromatic carbocycles. The van der Waals surface area contributed by atoms with Crippen LogP contribution in [0.3, 0.4) is 0 Å². The summed E-state index contributed by atoms with van der Waals surface area (Å²) in [5.74, 6) is 0. The van der Waals surface area contributed by atoms with Gasteiger partial charge in [-0.05, 0) is 66.7 Å². The molecule has 0 amide bonds. The molecule has 0 aliphatic heterocycles. The lowest BCUT2D eigenvalue weighted by Gasteiger charge is -2.12. The molecule has 2 aromatic rings. The number of nitrogens with zero attached hydrogens (tertiary/aromatic N) is 4. The van der Waals surface area contributed by atoms with Gasteiger partial charge in [-0.15, -0.1) is 5.10 Å². The number of hydrogen-bond donors (Lipinski definition) is 1. The van der Waals surface area contributed by atoms with Crippen LogP contribution < -0.4 is 5.32 Å². The molecule has 21 heavy (non-hydrogen) atoms. The summed E-state index contributed by atoms with van der Waals surface area (Å²) in [7, 11) is 1.98. The van der Waals surface area contributed by atoms with Gasteiger partial charge in [-0.25, -0.2) is 4.68 Å². The van der Waals surface area contributed by atoms with Crippen LogP contribution in [0.1, 0.15) is 50.3 Å². The van der Waals surface area contributed by atoms with Gasteiger partial charge in [0.1, 0.15) is 0 Å². The zero-order valence-electron chi connectivity index (χ0n) is 12.5. The van der Waals surface area contributed by atoms with E-state index in [1.807, 2.05) is 11.7 Å². The summed E-state index contributed by atoms with van der Waals surface area (Å²) >= 11 is 1.64. The van der Waals surface area contributed by atoms with E-state index in [9.17, 15) is 0 Å². The van der Waals surface area contributed by atoms with E-state index in [1.54, 1.807) is 11.8 Å². The van der Waals surface area contributed by atoms with Crippen LogP contribution in [0.15, 0.2) is 34.3 Å². The van der Waals surface area contributed by atoms with Gasteiger partial charge in [0.25, 0.3) is 0 Å². The molecule has 1 heterocycles. The van der Waals surface area contributed by atoms with Gasteiger partial charge in [0.15, 0.2) is 0 Å². The first-order valence-electron chi connectivity index (χ1n) is 7.51. The van der Waals surface area contributed by atoms with Gasteiger partial charge in [-0.3, -0.25) is 0 Å². The molecule has 3 rings (SSSR count). The predicted molar refractivity (Wildman–Crippen MR) is 83.4 cm³/mol. The van der Waals surface area contributed by atoms with Crippen molar-refractivity contribution in [3.05, 3.63) is 29.8 Å². The number of benzene rings is 1. The molecular formula is C15H21N5S. The number of aromatic nitrogens is 4. The first-order valence-corrected chi connectivity index (χ1v) is 8.32. The molecule has 1 saturated carbocycles. The zero-order chi connectivity index (χ0) is 14.7. The van der Waals surface area contributed by atoms with Crippen molar-refractivity contribution in [3.8, 4) is 0 Å². The normalized spacial score (nSPS) is 17.2. The molecule has 112 valence electrons. The van der Waals surface area contributed by atoms with Crippen molar-refractivity contribution in [1.29, 1.82) is 0 Å². The summed E-state index contributed by atoms with van der Waals surface area (Å²) in [6, 6.07) is 9.45. The van der Waals surface area contributed by atoms with Crippen LogP contribution in [-0.2, 0) is 0 Å². The highest BCUT2D eigenvalue weighted by atomic mass is 32.2. The van der Waals surface area contributed by atoms with Gasteiger partial charge in [0, 0.05) is 10.9 Å². The average Bonchev–Trinajstić information content (AvgIpc) is 3.18. The van der Waals surface area contributed by atoms with E-state index in [2.05, 4.69) is 52.0 Å². The highest BCUT2D eigenvalue weighted by Gasteiger charge is 2.21. The first kappa shape index (κ1) is 14.5. The van der Waals surface area contributed by atoms with Gasteiger partial charge < -0.3 is 5.32 Å². The topological polar surface area (TPSA) is 55.6 Å². The van der Waals surface area contributed by atoms with E-state index in [0.717, 1.165) is 5.16 Å². The lowest BCUT2D eigenvalue weighted by Crippen LogP contribution is -2.11. The van der Waals surface area contributed by atoms with E-state index < -0.39 is 0 Å². The monoisotopic (exact) mass is 303 g/mol. The fraction of sp³-hybridized carbons (Fsp3) is 0.533. The average molecular weight is 303 g/mol.